The van der Waals surface area contributed by atoms with Crippen LogP contribution in [0.4, 0.5) is 0 Å². The van der Waals surface area contributed by atoms with Gasteiger partial charge in [-0.25, -0.2) is 15.0 Å². The topological polar surface area (TPSA) is 48.5 Å². The molecule has 0 bridgehead atoms. The Morgan fingerprint density at radius 2 is 0.786 bits per heavy atom. The first-order valence-corrected chi connectivity index (χ1v) is 25.1. The maximum absolute atomic E-state index is 5.15. The van der Waals surface area contributed by atoms with Gasteiger partial charge in [-0.2, -0.15) is 0 Å². The molecule has 0 amide bonds. The molecule has 0 aliphatic carbocycles. The molecule has 326 valence electrons. The smallest absolute Gasteiger partial charge is 0.165 e. The van der Waals surface area contributed by atoms with Crippen LogP contribution in [0.25, 0.3) is 141 Å². The summed E-state index contributed by atoms with van der Waals surface area (Å²) < 4.78 is 9.91. The summed E-state index contributed by atoms with van der Waals surface area (Å²) in [6.45, 7) is 0. The zero-order chi connectivity index (χ0) is 45.9. The van der Waals surface area contributed by atoms with Gasteiger partial charge in [0, 0.05) is 79.6 Å². The van der Waals surface area contributed by atoms with Crippen molar-refractivity contribution in [2.75, 3.05) is 0 Å². The summed E-state index contributed by atoms with van der Waals surface area (Å²) in [4.78, 5) is 15.3. The minimum absolute atomic E-state index is 0.652. The minimum atomic E-state index is 0.652. The molecule has 0 fully saturated rings. The van der Waals surface area contributed by atoms with Gasteiger partial charge in [-0.1, -0.05) is 164 Å². The van der Waals surface area contributed by atoms with Gasteiger partial charge in [-0.3, -0.25) is 0 Å². The van der Waals surface area contributed by atoms with Gasteiger partial charge in [0.05, 0.1) is 32.5 Å². The summed E-state index contributed by atoms with van der Waals surface area (Å²) in [5, 5.41) is 9.93. The first-order valence-electron chi connectivity index (χ1n) is 23.5. The van der Waals surface area contributed by atoms with Gasteiger partial charge in [0.2, 0.25) is 0 Å². The van der Waals surface area contributed by atoms with E-state index < -0.39 is 0 Å². The number of rotatable bonds is 6. The van der Waals surface area contributed by atoms with Crippen molar-refractivity contribution in [3.05, 3.63) is 224 Å². The van der Waals surface area contributed by atoms with E-state index in [1.165, 1.54) is 84.9 Å². The molecule has 0 saturated heterocycles. The summed E-state index contributed by atoms with van der Waals surface area (Å²) in [6, 6.07) is 80.8. The van der Waals surface area contributed by atoms with E-state index in [9.17, 15) is 0 Å². The molecule has 0 N–H and O–H groups in total. The quantitative estimate of drug-likeness (QED) is 0.167. The van der Waals surface area contributed by atoms with Crippen molar-refractivity contribution in [2.45, 2.75) is 0 Å². The number of aromatic nitrogens is 5. The fourth-order valence-electron chi connectivity index (χ4n) is 10.8. The number of fused-ring (bicyclic) bond motifs is 12. The van der Waals surface area contributed by atoms with Crippen molar-refractivity contribution in [1.29, 1.82) is 0 Å². The largest absolute Gasteiger partial charge is 0.309 e. The molecule has 0 aliphatic rings. The van der Waals surface area contributed by atoms with E-state index in [0.29, 0.717) is 17.5 Å². The molecule has 0 atom stereocenters. The Kier molecular flexibility index (Phi) is 8.63. The van der Waals surface area contributed by atoms with Gasteiger partial charge in [-0.15, -0.1) is 22.7 Å². The van der Waals surface area contributed by atoms with Crippen LogP contribution in [0.5, 0.6) is 0 Å². The van der Waals surface area contributed by atoms with E-state index in [0.717, 1.165) is 38.3 Å². The first-order chi connectivity index (χ1) is 34.7. The number of thiophene rings is 2. The molecule has 5 aromatic heterocycles. The number of para-hydroxylation sites is 2. The first kappa shape index (κ1) is 39.3. The van der Waals surface area contributed by atoms with E-state index in [4.69, 9.17) is 15.0 Å². The Labute approximate surface area is 409 Å². The zero-order valence-electron chi connectivity index (χ0n) is 37.4. The molecule has 15 aromatic rings. The van der Waals surface area contributed by atoms with Gasteiger partial charge < -0.3 is 9.13 Å². The molecule has 0 spiro atoms. The van der Waals surface area contributed by atoms with Gasteiger partial charge in [0.1, 0.15) is 0 Å². The van der Waals surface area contributed by atoms with E-state index in [-0.39, 0.29) is 0 Å². The van der Waals surface area contributed by atoms with Gasteiger partial charge in [0.15, 0.2) is 17.5 Å². The van der Waals surface area contributed by atoms with Crippen LogP contribution in [0.2, 0.25) is 0 Å². The second-order valence-corrected chi connectivity index (χ2v) is 20.0. The minimum Gasteiger partial charge on any atom is -0.309 e. The number of benzene rings is 10. The highest BCUT2D eigenvalue weighted by Crippen LogP contribution is 2.46. The van der Waals surface area contributed by atoms with Crippen molar-refractivity contribution >= 4 is 107 Å². The van der Waals surface area contributed by atoms with Crippen molar-refractivity contribution in [1.82, 2.24) is 24.1 Å². The number of hydrogen-bond donors (Lipinski definition) is 0. The molecular weight excluding hydrogens is 891 g/mol. The second-order valence-electron chi connectivity index (χ2n) is 17.9. The molecule has 0 saturated carbocycles. The van der Waals surface area contributed by atoms with Gasteiger partial charge >= 0.3 is 0 Å². The zero-order valence-corrected chi connectivity index (χ0v) is 39.0. The third-order valence-electron chi connectivity index (χ3n) is 14.0. The summed E-state index contributed by atoms with van der Waals surface area (Å²) in [7, 11) is 0. The molecule has 70 heavy (non-hydrogen) atoms. The molecule has 7 heteroatoms. The predicted octanol–water partition coefficient (Wildman–Crippen LogP) is 17.5. The lowest BCUT2D eigenvalue weighted by Gasteiger charge is -2.11. The van der Waals surface area contributed by atoms with Crippen LogP contribution in [-0.4, -0.2) is 24.1 Å². The molecule has 0 aliphatic heterocycles. The fourth-order valence-corrected chi connectivity index (χ4v) is 13.4. The lowest BCUT2D eigenvalue weighted by atomic mass is 10.0. The number of nitrogens with zero attached hydrogens (tertiary/aromatic N) is 5. The van der Waals surface area contributed by atoms with E-state index in [2.05, 4.69) is 197 Å². The Morgan fingerprint density at radius 1 is 0.286 bits per heavy atom. The lowest BCUT2D eigenvalue weighted by molar-refractivity contribution is 1.08. The average molecular weight is 928 g/mol. The van der Waals surface area contributed by atoms with Crippen LogP contribution in [0.3, 0.4) is 0 Å². The fraction of sp³-hybridized carbons (Fsp3) is 0. The Hall–Kier alpha value is -8.75. The number of hydrogen-bond acceptors (Lipinski definition) is 5. The predicted molar refractivity (Wildman–Crippen MR) is 296 cm³/mol. The van der Waals surface area contributed by atoms with Crippen LogP contribution in [-0.2, 0) is 0 Å². The summed E-state index contributed by atoms with van der Waals surface area (Å²) >= 11 is 3.69. The van der Waals surface area contributed by atoms with E-state index in [1.54, 1.807) is 0 Å². The van der Waals surface area contributed by atoms with Crippen LogP contribution in [0, 0.1) is 0 Å². The SMILES string of the molecule is c1ccc(-c2nc(-c3ccccc3)nc(-c3cccc4c3sc3c(-n5c6ccccc6c6cc(-n7c8ccccc8c8cc(-c9cccc%10c9sc9ccccc9%10)ccc87)ccc65)cccc34)n2)cc1. The highest BCUT2D eigenvalue weighted by atomic mass is 32.1. The molecule has 10 aromatic carbocycles. The standard InChI is InChI=1S/C63H37N5S2/c1-3-16-38(17-4-1)61-64-62(39-18-5-2-6-19-39)66-63(65-61)49-27-14-25-47-48-26-15-30-56(60(48)70-59(47)49)68-53-29-11-8-21-44(53)51-37-41(33-35-55(51)68)67-52-28-10-7-20-43(52)50-36-40(32-34-54(50)67)42-23-13-24-46-45-22-9-12-31-57(45)69-58(42)46/h1-37H. The molecule has 0 unspecified atom stereocenters. The maximum Gasteiger partial charge on any atom is 0.165 e. The Bertz CT molecular complexity index is 4540. The normalized spacial score (nSPS) is 12.0. The maximum atomic E-state index is 5.15. The average Bonchev–Trinajstić information content (AvgIpc) is 4.19. The van der Waals surface area contributed by atoms with Gasteiger partial charge in [0.25, 0.3) is 0 Å². The van der Waals surface area contributed by atoms with Crippen molar-refractivity contribution in [3.63, 3.8) is 0 Å². The second kappa shape index (κ2) is 15.4. The highest BCUT2D eigenvalue weighted by Gasteiger charge is 2.22. The van der Waals surface area contributed by atoms with Crippen molar-refractivity contribution < 1.29 is 0 Å². The van der Waals surface area contributed by atoms with Gasteiger partial charge in [-0.05, 0) is 71.8 Å². The summed E-state index contributed by atoms with van der Waals surface area (Å²) in [5.41, 5.74) is 12.4. The van der Waals surface area contributed by atoms with Crippen molar-refractivity contribution in [3.8, 4) is 56.7 Å². The Morgan fingerprint density at radius 3 is 1.51 bits per heavy atom. The summed E-state index contributed by atoms with van der Waals surface area (Å²) in [5.74, 6) is 1.96. The Balaban J connectivity index is 0.897. The molecular formula is C63H37N5S2. The van der Waals surface area contributed by atoms with Crippen LogP contribution in [0.15, 0.2) is 224 Å². The van der Waals surface area contributed by atoms with Crippen LogP contribution in [0.1, 0.15) is 0 Å². The van der Waals surface area contributed by atoms with E-state index in [1.807, 2.05) is 59.1 Å². The monoisotopic (exact) mass is 927 g/mol. The van der Waals surface area contributed by atoms with E-state index >= 15 is 0 Å². The molecule has 5 nitrogen and oxygen atoms in total. The third-order valence-corrected chi connectivity index (χ3v) is 16.5. The molecule has 15 rings (SSSR count). The highest BCUT2D eigenvalue weighted by molar-refractivity contribution is 7.27. The van der Waals surface area contributed by atoms with Crippen LogP contribution >= 0.6 is 22.7 Å². The third kappa shape index (κ3) is 5.92. The van der Waals surface area contributed by atoms with Crippen molar-refractivity contribution in [2.24, 2.45) is 0 Å². The molecule has 0 radical (unpaired) electrons. The lowest BCUT2D eigenvalue weighted by Crippen LogP contribution is -2.00. The molecule has 5 heterocycles. The summed E-state index contributed by atoms with van der Waals surface area (Å²) in [6.07, 6.45) is 0. The van der Waals surface area contributed by atoms with Crippen LogP contribution < -0.4 is 0 Å².